The minimum Gasteiger partial charge on any atom is -0.496 e. The summed E-state index contributed by atoms with van der Waals surface area (Å²) in [5.41, 5.74) is 5.89. The van der Waals surface area contributed by atoms with E-state index < -0.39 is 21.8 Å². The molecular weight excluding hydrogens is 344 g/mol. The molecule has 8 heteroatoms. The molecule has 0 saturated carbocycles. The number of benzene rings is 2. The number of hydrogen-bond donors (Lipinski definition) is 2. The molecule has 0 radical (unpaired) electrons. The number of rotatable bonds is 6. The number of methoxy groups -OCH3 is 1. The lowest BCUT2D eigenvalue weighted by molar-refractivity contribution is -0.114. The highest BCUT2D eigenvalue weighted by atomic mass is 32.2. The normalized spacial score (nSPS) is 11.2. The summed E-state index contributed by atoms with van der Waals surface area (Å²) in [4.78, 5) is 22.7. The first kappa shape index (κ1) is 18.2. The summed E-state index contributed by atoms with van der Waals surface area (Å²) >= 11 is 0. The smallest absolute Gasteiger partial charge is 0.264 e. The number of amides is 2. The second-order valence-corrected chi connectivity index (χ2v) is 6.62. The zero-order valence-electron chi connectivity index (χ0n) is 13.3. The van der Waals surface area contributed by atoms with Crippen molar-refractivity contribution in [3.05, 3.63) is 65.7 Å². The molecule has 2 amide bonds. The van der Waals surface area contributed by atoms with Gasteiger partial charge in [-0.15, -0.1) is 0 Å². The van der Waals surface area contributed by atoms with Crippen LogP contribution in [0.25, 0.3) is 6.08 Å². The Kier molecular flexibility index (Phi) is 5.56. The number of ether oxygens (including phenoxy) is 1. The number of carbonyl (C=O) groups excluding carboxylic acids is 2. The molecule has 2 rings (SSSR count). The van der Waals surface area contributed by atoms with Crippen molar-refractivity contribution < 1.29 is 22.7 Å². The van der Waals surface area contributed by atoms with E-state index in [0.29, 0.717) is 11.3 Å². The molecule has 3 N–H and O–H groups in total. The van der Waals surface area contributed by atoms with Gasteiger partial charge in [0.2, 0.25) is 5.91 Å². The lowest BCUT2D eigenvalue weighted by atomic mass is 10.2. The van der Waals surface area contributed by atoms with Crippen LogP contribution in [-0.2, 0) is 14.8 Å². The molecule has 0 aliphatic carbocycles. The number of primary amides is 1. The average molecular weight is 360 g/mol. The Bertz CT molecular complexity index is 918. The van der Waals surface area contributed by atoms with Crippen molar-refractivity contribution in [3.63, 3.8) is 0 Å². The zero-order chi connectivity index (χ0) is 18.4. The van der Waals surface area contributed by atoms with Crippen LogP contribution < -0.4 is 15.2 Å². The molecule has 2 aromatic rings. The number of nitrogens with one attached hydrogen (secondary N) is 1. The minimum absolute atomic E-state index is 0.156. The van der Waals surface area contributed by atoms with E-state index in [4.69, 9.17) is 10.5 Å². The summed E-state index contributed by atoms with van der Waals surface area (Å²) in [6, 6.07) is 11.9. The standard InChI is InChI=1S/C17H16N2O5S/c1-24-15-5-3-2-4-12(15)8-11-16(20)19-25(22,23)14-9-6-13(7-10-14)17(18)21/h2-11H,1H3,(H2,18,21)(H,19,20). The summed E-state index contributed by atoms with van der Waals surface area (Å²) in [6.07, 6.45) is 2.53. The SMILES string of the molecule is COc1ccccc1C=CC(=O)NS(=O)(=O)c1ccc(C(N)=O)cc1. The Hall–Kier alpha value is -3.13. The van der Waals surface area contributed by atoms with Crippen LogP contribution in [0.1, 0.15) is 15.9 Å². The molecule has 0 saturated heterocycles. The summed E-state index contributed by atoms with van der Waals surface area (Å²) < 4.78 is 31.4. The van der Waals surface area contributed by atoms with E-state index >= 15 is 0 Å². The maximum absolute atomic E-state index is 12.2. The van der Waals surface area contributed by atoms with E-state index in [-0.39, 0.29) is 10.5 Å². The van der Waals surface area contributed by atoms with E-state index in [0.717, 1.165) is 6.08 Å². The van der Waals surface area contributed by atoms with E-state index in [1.165, 1.54) is 37.5 Å². The van der Waals surface area contributed by atoms with Crippen LogP contribution in [0.4, 0.5) is 0 Å². The lowest BCUT2D eigenvalue weighted by Crippen LogP contribution is -2.29. The Morgan fingerprint density at radius 2 is 1.72 bits per heavy atom. The van der Waals surface area contributed by atoms with Crippen molar-refractivity contribution in [1.29, 1.82) is 0 Å². The first-order chi connectivity index (χ1) is 11.8. The Labute approximate surface area is 145 Å². The molecular formula is C17H16N2O5S. The van der Waals surface area contributed by atoms with Gasteiger partial charge in [-0.3, -0.25) is 9.59 Å². The molecule has 2 aromatic carbocycles. The molecule has 130 valence electrons. The monoisotopic (exact) mass is 360 g/mol. The van der Waals surface area contributed by atoms with Gasteiger partial charge in [0.05, 0.1) is 12.0 Å². The van der Waals surface area contributed by atoms with Gasteiger partial charge in [-0.1, -0.05) is 18.2 Å². The number of nitrogens with two attached hydrogens (primary N) is 1. The van der Waals surface area contributed by atoms with Gasteiger partial charge in [0.25, 0.3) is 15.9 Å². The first-order valence-electron chi connectivity index (χ1n) is 7.11. The Morgan fingerprint density at radius 1 is 1.08 bits per heavy atom. The number of para-hydroxylation sites is 1. The van der Waals surface area contributed by atoms with Crippen molar-refractivity contribution in [1.82, 2.24) is 4.72 Å². The molecule has 0 aliphatic rings. The second kappa shape index (κ2) is 7.63. The van der Waals surface area contributed by atoms with Crippen LogP contribution in [0.2, 0.25) is 0 Å². The van der Waals surface area contributed by atoms with Crippen LogP contribution in [0.3, 0.4) is 0 Å². The van der Waals surface area contributed by atoms with Gasteiger partial charge in [-0.2, -0.15) is 0 Å². The second-order valence-electron chi connectivity index (χ2n) is 4.93. The molecule has 25 heavy (non-hydrogen) atoms. The summed E-state index contributed by atoms with van der Waals surface area (Å²) in [5.74, 6) is -0.936. The highest BCUT2D eigenvalue weighted by Gasteiger charge is 2.16. The van der Waals surface area contributed by atoms with E-state index in [9.17, 15) is 18.0 Å². The van der Waals surface area contributed by atoms with Gasteiger partial charge in [-0.05, 0) is 36.4 Å². The van der Waals surface area contributed by atoms with Crippen LogP contribution in [0.15, 0.2) is 59.5 Å². The fourth-order valence-corrected chi connectivity index (χ4v) is 2.94. The van der Waals surface area contributed by atoms with E-state index in [2.05, 4.69) is 0 Å². The summed E-state index contributed by atoms with van der Waals surface area (Å²) in [5, 5.41) is 0. The third-order valence-corrected chi connectivity index (χ3v) is 4.60. The molecule has 0 heterocycles. The third kappa shape index (κ3) is 4.67. The van der Waals surface area contributed by atoms with Crippen LogP contribution >= 0.6 is 0 Å². The van der Waals surface area contributed by atoms with Crippen LogP contribution in [-0.4, -0.2) is 27.3 Å². The first-order valence-corrected chi connectivity index (χ1v) is 8.59. The summed E-state index contributed by atoms with van der Waals surface area (Å²) in [6.45, 7) is 0. The average Bonchev–Trinajstić information content (AvgIpc) is 2.60. The predicted octanol–water partition coefficient (Wildman–Crippen LogP) is 1.31. The van der Waals surface area contributed by atoms with Gasteiger partial charge in [0.1, 0.15) is 5.75 Å². The molecule has 0 aliphatic heterocycles. The number of sulfonamides is 1. The lowest BCUT2D eigenvalue weighted by Gasteiger charge is -2.06. The van der Waals surface area contributed by atoms with Gasteiger partial charge in [-0.25, -0.2) is 13.1 Å². The topological polar surface area (TPSA) is 116 Å². The highest BCUT2D eigenvalue weighted by molar-refractivity contribution is 7.90. The molecule has 0 aromatic heterocycles. The Morgan fingerprint density at radius 3 is 2.32 bits per heavy atom. The third-order valence-electron chi connectivity index (χ3n) is 3.24. The van der Waals surface area contributed by atoms with Crippen LogP contribution in [0, 0.1) is 0 Å². The predicted molar refractivity (Wildman–Crippen MR) is 92.3 cm³/mol. The maximum Gasteiger partial charge on any atom is 0.264 e. The maximum atomic E-state index is 12.2. The molecule has 0 atom stereocenters. The summed E-state index contributed by atoms with van der Waals surface area (Å²) in [7, 11) is -2.56. The van der Waals surface area contributed by atoms with Crippen LogP contribution in [0.5, 0.6) is 5.75 Å². The number of carbonyl (C=O) groups is 2. The molecule has 0 fully saturated rings. The van der Waals surface area contributed by atoms with Gasteiger partial charge in [0.15, 0.2) is 0 Å². The zero-order valence-corrected chi connectivity index (χ0v) is 14.1. The molecule has 0 unspecified atom stereocenters. The fraction of sp³-hybridized carbons (Fsp3) is 0.0588. The molecule has 0 bridgehead atoms. The number of hydrogen-bond acceptors (Lipinski definition) is 5. The van der Waals surface area contributed by atoms with Gasteiger partial charge >= 0.3 is 0 Å². The quantitative estimate of drug-likeness (QED) is 0.754. The highest BCUT2D eigenvalue weighted by Crippen LogP contribution is 2.18. The molecule has 7 nitrogen and oxygen atoms in total. The van der Waals surface area contributed by atoms with E-state index in [1.807, 2.05) is 4.72 Å². The van der Waals surface area contributed by atoms with Gasteiger partial charge in [0, 0.05) is 17.2 Å². The van der Waals surface area contributed by atoms with Crippen molar-refractivity contribution in [2.75, 3.05) is 7.11 Å². The van der Waals surface area contributed by atoms with Crippen molar-refractivity contribution in [2.45, 2.75) is 4.90 Å². The largest absolute Gasteiger partial charge is 0.496 e. The Balaban J connectivity index is 2.13. The van der Waals surface area contributed by atoms with Crippen molar-refractivity contribution in [2.24, 2.45) is 5.73 Å². The van der Waals surface area contributed by atoms with Crippen molar-refractivity contribution in [3.8, 4) is 5.75 Å². The van der Waals surface area contributed by atoms with Gasteiger partial charge < -0.3 is 10.5 Å². The molecule has 0 spiro atoms. The van der Waals surface area contributed by atoms with Crippen molar-refractivity contribution >= 4 is 27.9 Å². The fourth-order valence-electron chi connectivity index (χ4n) is 1.99. The minimum atomic E-state index is -4.06. The van der Waals surface area contributed by atoms with E-state index in [1.54, 1.807) is 24.3 Å².